The van der Waals surface area contributed by atoms with Crippen molar-refractivity contribution in [3.8, 4) is 17.2 Å². The minimum absolute atomic E-state index is 0.255. The molecule has 0 radical (unpaired) electrons. The molecule has 1 aliphatic heterocycles. The molecule has 0 saturated heterocycles. The highest BCUT2D eigenvalue weighted by Crippen LogP contribution is 2.44. The average Bonchev–Trinajstić information content (AvgIpc) is 3.50. The second-order valence-corrected chi connectivity index (χ2v) is 10.9. The molecule has 6 nitrogen and oxygen atoms in total. The third kappa shape index (κ3) is 3.76. The number of hydrogen-bond donors (Lipinski definition) is 0. The highest BCUT2D eigenvalue weighted by Gasteiger charge is 2.32. The van der Waals surface area contributed by atoms with Gasteiger partial charge in [0.2, 0.25) is 0 Å². The van der Waals surface area contributed by atoms with Gasteiger partial charge >= 0.3 is 0 Å². The number of benzene rings is 1. The third-order valence-corrected chi connectivity index (χ3v) is 8.35. The van der Waals surface area contributed by atoms with E-state index in [1.807, 2.05) is 24.3 Å². The third-order valence-electron chi connectivity index (χ3n) is 6.08. The summed E-state index contributed by atoms with van der Waals surface area (Å²) in [6.07, 6.45) is 4.15. The number of nitrogens with zero attached hydrogens (tertiary/aromatic N) is 3. The zero-order valence-electron chi connectivity index (χ0n) is 19.1. The van der Waals surface area contributed by atoms with Crippen LogP contribution in [0.15, 0.2) is 58.4 Å². The van der Waals surface area contributed by atoms with Gasteiger partial charge in [-0.05, 0) is 49.2 Å². The summed E-state index contributed by atoms with van der Waals surface area (Å²) in [5, 5.41) is 2.10. The number of thioether (sulfide) groups is 1. The van der Waals surface area contributed by atoms with E-state index in [4.69, 9.17) is 23.9 Å². The van der Waals surface area contributed by atoms with E-state index in [2.05, 4.69) is 31.0 Å². The van der Waals surface area contributed by atoms with Crippen molar-refractivity contribution >= 4 is 43.5 Å². The van der Waals surface area contributed by atoms with E-state index in [-0.39, 0.29) is 5.60 Å². The van der Waals surface area contributed by atoms with Gasteiger partial charge in [0, 0.05) is 23.1 Å². The van der Waals surface area contributed by atoms with Crippen LogP contribution < -0.4 is 4.74 Å². The Morgan fingerprint density at radius 3 is 2.74 bits per heavy atom. The van der Waals surface area contributed by atoms with E-state index in [0.717, 1.165) is 60.4 Å². The normalized spacial score (nSPS) is 15.0. The topological polar surface area (TPSA) is 70.3 Å². The van der Waals surface area contributed by atoms with Crippen LogP contribution >= 0.6 is 23.1 Å². The Hall–Kier alpha value is -2.94. The van der Waals surface area contributed by atoms with Crippen LogP contribution in [0, 0.1) is 0 Å². The van der Waals surface area contributed by atoms with Crippen molar-refractivity contribution in [3.63, 3.8) is 0 Å². The molecule has 0 aliphatic carbocycles. The molecule has 4 aromatic heterocycles. The second-order valence-electron chi connectivity index (χ2n) is 8.90. The van der Waals surface area contributed by atoms with Gasteiger partial charge < -0.3 is 13.9 Å². The van der Waals surface area contributed by atoms with Crippen molar-refractivity contribution in [2.75, 3.05) is 7.11 Å². The van der Waals surface area contributed by atoms with Crippen LogP contribution in [0.4, 0.5) is 0 Å². The highest BCUT2D eigenvalue weighted by atomic mass is 32.2. The fourth-order valence-electron chi connectivity index (χ4n) is 4.38. The Bertz CT molecular complexity index is 1490. The summed E-state index contributed by atoms with van der Waals surface area (Å²) < 4.78 is 18.3. The lowest BCUT2D eigenvalue weighted by molar-refractivity contribution is -0.0395. The fourth-order valence-corrected chi connectivity index (χ4v) is 6.57. The molecule has 0 saturated carbocycles. The van der Waals surface area contributed by atoms with Crippen molar-refractivity contribution < 1.29 is 13.9 Å². The molecule has 0 spiro atoms. The van der Waals surface area contributed by atoms with E-state index in [1.165, 1.54) is 11.1 Å². The molecular weight excluding hydrogens is 466 g/mol. The SMILES string of the molecule is COc1ccc(CSc2ncnc3c2sc2nc(-c4ccco4)c4c(c23)CC(C)(C)OC4)cc1. The van der Waals surface area contributed by atoms with Gasteiger partial charge in [0.1, 0.15) is 27.6 Å². The smallest absolute Gasteiger partial charge is 0.152 e. The standard InChI is InChI=1S/C26H23N3O3S2/c1-26(2)11-17-18(12-32-26)21(19-5-4-10-31-19)29-24-20(17)22-23(34-24)25(28-14-27-22)33-13-15-6-8-16(30-3)9-7-15/h4-10,14H,11-13H2,1-3H3. The van der Waals surface area contributed by atoms with Crippen LogP contribution in [0.3, 0.4) is 0 Å². The monoisotopic (exact) mass is 489 g/mol. The lowest BCUT2D eigenvalue weighted by atomic mass is 9.89. The molecular formula is C26H23N3O3S2. The predicted molar refractivity (Wildman–Crippen MR) is 136 cm³/mol. The number of fused-ring (bicyclic) bond motifs is 5. The molecule has 0 atom stereocenters. The summed E-state index contributed by atoms with van der Waals surface area (Å²) in [6.45, 7) is 4.77. The van der Waals surface area contributed by atoms with Crippen molar-refractivity contribution in [2.24, 2.45) is 0 Å². The summed E-state index contributed by atoms with van der Waals surface area (Å²) in [6, 6.07) is 12.0. The maximum absolute atomic E-state index is 6.17. The Kier molecular flexibility index (Phi) is 5.32. The Balaban J connectivity index is 1.48. The van der Waals surface area contributed by atoms with E-state index in [0.29, 0.717) is 6.61 Å². The molecule has 0 amide bonds. The minimum atomic E-state index is -0.255. The number of rotatable bonds is 5. The Labute approximate surface area is 205 Å². The first-order valence-electron chi connectivity index (χ1n) is 11.0. The number of pyridine rings is 1. The molecule has 1 aliphatic rings. The van der Waals surface area contributed by atoms with Crippen molar-refractivity contribution in [2.45, 2.75) is 43.3 Å². The van der Waals surface area contributed by atoms with E-state index >= 15 is 0 Å². The molecule has 0 N–H and O–H groups in total. The largest absolute Gasteiger partial charge is 0.497 e. The van der Waals surface area contributed by atoms with Gasteiger partial charge in [-0.3, -0.25) is 0 Å². The zero-order chi connectivity index (χ0) is 23.3. The molecule has 0 unspecified atom stereocenters. The fraction of sp³-hybridized carbons (Fsp3) is 0.269. The lowest BCUT2D eigenvalue weighted by Crippen LogP contribution is -2.32. The molecule has 8 heteroatoms. The van der Waals surface area contributed by atoms with Crippen LogP contribution in [0.25, 0.3) is 31.9 Å². The summed E-state index contributed by atoms with van der Waals surface area (Å²) in [7, 11) is 1.68. The number of methoxy groups -OCH3 is 1. The quantitative estimate of drug-likeness (QED) is 0.202. The Morgan fingerprint density at radius 1 is 1.12 bits per heavy atom. The molecule has 5 aromatic rings. The first-order chi connectivity index (χ1) is 16.5. The van der Waals surface area contributed by atoms with Gasteiger partial charge in [-0.25, -0.2) is 15.0 Å². The molecule has 5 heterocycles. The van der Waals surface area contributed by atoms with E-state index < -0.39 is 0 Å². The Morgan fingerprint density at radius 2 is 1.97 bits per heavy atom. The summed E-state index contributed by atoms with van der Waals surface area (Å²) >= 11 is 3.37. The summed E-state index contributed by atoms with van der Waals surface area (Å²) in [5.41, 5.74) is 5.13. The van der Waals surface area contributed by atoms with E-state index in [9.17, 15) is 0 Å². The number of ether oxygens (including phenoxy) is 2. The van der Waals surface area contributed by atoms with Gasteiger partial charge in [-0.2, -0.15) is 0 Å². The van der Waals surface area contributed by atoms with Crippen molar-refractivity contribution in [3.05, 3.63) is 65.7 Å². The summed E-state index contributed by atoms with van der Waals surface area (Å²) in [5.74, 6) is 2.44. The number of thiophene rings is 1. The van der Waals surface area contributed by atoms with Crippen LogP contribution in [-0.4, -0.2) is 27.7 Å². The molecule has 0 bridgehead atoms. The number of furan rings is 1. The van der Waals surface area contributed by atoms with Gasteiger partial charge in [-0.15, -0.1) is 23.1 Å². The first kappa shape index (κ1) is 21.6. The van der Waals surface area contributed by atoms with Crippen LogP contribution in [0.1, 0.15) is 30.5 Å². The molecule has 6 rings (SSSR count). The predicted octanol–water partition coefficient (Wildman–Crippen LogP) is 6.65. The van der Waals surface area contributed by atoms with E-state index in [1.54, 1.807) is 42.8 Å². The first-order valence-corrected chi connectivity index (χ1v) is 12.8. The number of hydrogen-bond acceptors (Lipinski definition) is 8. The zero-order valence-corrected chi connectivity index (χ0v) is 20.8. The summed E-state index contributed by atoms with van der Waals surface area (Å²) in [4.78, 5) is 15.4. The van der Waals surface area contributed by atoms with Gasteiger partial charge in [-0.1, -0.05) is 12.1 Å². The second kappa shape index (κ2) is 8.37. The van der Waals surface area contributed by atoms with Crippen LogP contribution in [-0.2, 0) is 23.5 Å². The van der Waals surface area contributed by atoms with Gasteiger partial charge in [0.15, 0.2) is 5.76 Å². The van der Waals surface area contributed by atoms with Gasteiger partial charge in [0.05, 0.1) is 35.8 Å². The molecule has 172 valence electrons. The minimum Gasteiger partial charge on any atom is -0.497 e. The molecule has 34 heavy (non-hydrogen) atoms. The molecule has 0 fully saturated rings. The maximum atomic E-state index is 6.17. The number of aromatic nitrogens is 3. The van der Waals surface area contributed by atoms with Crippen LogP contribution in [0.2, 0.25) is 0 Å². The van der Waals surface area contributed by atoms with Crippen LogP contribution in [0.5, 0.6) is 5.75 Å². The average molecular weight is 490 g/mol. The lowest BCUT2D eigenvalue weighted by Gasteiger charge is -2.32. The highest BCUT2D eigenvalue weighted by molar-refractivity contribution is 7.98. The van der Waals surface area contributed by atoms with Gasteiger partial charge in [0.25, 0.3) is 0 Å². The molecule has 1 aromatic carbocycles. The van der Waals surface area contributed by atoms with Crippen molar-refractivity contribution in [1.29, 1.82) is 0 Å². The maximum Gasteiger partial charge on any atom is 0.152 e. The van der Waals surface area contributed by atoms with Crippen molar-refractivity contribution in [1.82, 2.24) is 15.0 Å².